The minimum Gasteiger partial charge on any atom is -0.322 e. The van der Waals surface area contributed by atoms with Crippen LogP contribution in [0.15, 0.2) is 48.5 Å². The van der Waals surface area contributed by atoms with Gasteiger partial charge in [-0.1, -0.05) is 35.9 Å². The van der Waals surface area contributed by atoms with Crippen LogP contribution in [0.5, 0.6) is 0 Å². The van der Waals surface area contributed by atoms with E-state index in [2.05, 4.69) is 4.98 Å². The van der Waals surface area contributed by atoms with Gasteiger partial charge in [0.25, 0.3) is 0 Å². The lowest BCUT2D eigenvalue weighted by atomic mass is 10.2. The third-order valence-corrected chi connectivity index (χ3v) is 4.27. The summed E-state index contributed by atoms with van der Waals surface area (Å²) in [5, 5.41) is 0.674. The zero-order valence-corrected chi connectivity index (χ0v) is 13.4. The summed E-state index contributed by atoms with van der Waals surface area (Å²) in [4.78, 5) is 5.97. The van der Waals surface area contributed by atoms with E-state index in [0.29, 0.717) is 17.4 Å². The minimum atomic E-state index is -1.69. The van der Waals surface area contributed by atoms with E-state index >= 15 is 0 Å². The highest BCUT2D eigenvalue weighted by Crippen LogP contribution is 2.21. The second-order valence-corrected chi connectivity index (χ2v) is 6.07. The van der Waals surface area contributed by atoms with Gasteiger partial charge in [0.15, 0.2) is 0 Å². The lowest BCUT2D eigenvalue weighted by Crippen LogP contribution is -2.21. The van der Waals surface area contributed by atoms with Crippen molar-refractivity contribution in [3.8, 4) is 0 Å². The highest BCUT2D eigenvalue weighted by molar-refractivity contribution is 6.30. The summed E-state index contributed by atoms with van der Waals surface area (Å²) in [6.45, 7) is -2.70. The van der Waals surface area contributed by atoms with Gasteiger partial charge in [0.1, 0.15) is 5.82 Å². The average molecular weight is 330 g/mol. The fourth-order valence-electron chi connectivity index (χ4n) is 2.89. The van der Waals surface area contributed by atoms with Crippen LogP contribution in [0.25, 0.3) is 11.0 Å². The number of nitrogens with zero attached hydrogens (tertiary/aromatic N) is 3. The lowest BCUT2D eigenvalue weighted by Gasteiger charge is -2.16. The molecule has 0 radical (unpaired) electrons. The van der Waals surface area contributed by atoms with Gasteiger partial charge >= 0.3 is 0 Å². The summed E-state index contributed by atoms with van der Waals surface area (Å²) in [5.41, 5.74) is 2.82. The maximum atomic E-state index is 8.20. The average Bonchev–Trinajstić information content (AvgIpc) is 3.07. The van der Waals surface area contributed by atoms with E-state index in [0.717, 1.165) is 16.6 Å². The smallest absolute Gasteiger partial charge is 0.124 e. The number of hydrogen-bond donors (Lipinski definition) is 0. The molecule has 0 unspecified atom stereocenters. The zero-order chi connectivity index (χ0) is 19.2. The first-order valence-corrected chi connectivity index (χ1v) is 8.10. The molecule has 0 saturated carbocycles. The van der Waals surface area contributed by atoms with Crippen LogP contribution in [-0.4, -0.2) is 27.4 Å². The Labute approximate surface area is 147 Å². The zero-order valence-electron chi connectivity index (χ0n) is 16.7. The number of aromatic nitrogens is 2. The van der Waals surface area contributed by atoms with E-state index in [1.54, 1.807) is 0 Å². The Kier molecular flexibility index (Phi) is 2.99. The van der Waals surface area contributed by atoms with E-state index in [9.17, 15) is 0 Å². The van der Waals surface area contributed by atoms with Gasteiger partial charge in [0.2, 0.25) is 0 Å². The van der Waals surface area contributed by atoms with Gasteiger partial charge in [-0.25, -0.2) is 4.98 Å². The largest absolute Gasteiger partial charge is 0.322 e. The molecule has 0 amide bonds. The molecule has 3 nitrogen and oxygen atoms in total. The van der Waals surface area contributed by atoms with Crippen molar-refractivity contribution in [3.63, 3.8) is 0 Å². The molecular formula is C19H20ClN3. The van der Waals surface area contributed by atoms with Crippen LogP contribution in [0.3, 0.4) is 0 Å². The first-order valence-electron chi connectivity index (χ1n) is 9.73. The predicted molar refractivity (Wildman–Crippen MR) is 94.8 cm³/mol. The van der Waals surface area contributed by atoms with Crippen molar-refractivity contribution < 1.29 is 5.48 Å². The van der Waals surface area contributed by atoms with Crippen molar-refractivity contribution in [1.82, 2.24) is 14.5 Å². The quantitative estimate of drug-likeness (QED) is 0.710. The minimum absolute atomic E-state index is 0.113. The lowest BCUT2D eigenvalue weighted by molar-refractivity contribution is 0.318. The molecule has 0 aliphatic carbocycles. The molecule has 4 heteroatoms. The van der Waals surface area contributed by atoms with Gasteiger partial charge in [0, 0.05) is 17.1 Å². The predicted octanol–water partition coefficient (Wildman–Crippen LogP) is 4.33. The van der Waals surface area contributed by atoms with Crippen LogP contribution < -0.4 is 0 Å². The molecule has 0 N–H and O–H groups in total. The summed E-state index contributed by atoms with van der Waals surface area (Å²) < 4.78 is 34.8. The molecule has 1 aliphatic rings. The number of para-hydroxylation sites is 2. The Morgan fingerprint density at radius 2 is 1.74 bits per heavy atom. The van der Waals surface area contributed by atoms with Crippen molar-refractivity contribution in [3.05, 3.63) is 64.9 Å². The molecule has 4 rings (SSSR count). The van der Waals surface area contributed by atoms with Gasteiger partial charge in [-0.15, -0.1) is 0 Å². The van der Waals surface area contributed by atoms with Crippen LogP contribution in [0.2, 0.25) is 5.02 Å². The molecule has 1 saturated heterocycles. The van der Waals surface area contributed by atoms with Crippen LogP contribution in [0.4, 0.5) is 0 Å². The van der Waals surface area contributed by atoms with Crippen LogP contribution in [0, 0.1) is 0 Å². The number of fused-ring (bicyclic) bond motifs is 1. The topological polar surface area (TPSA) is 21.1 Å². The van der Waals surface area contributed by atoms with Crippen molar-refractivity contribution in [2.45, 2.75) is 25.9 Å². The normalized spacial score (nSPS) is 22.5. The van der Waals surface area contributed by atoms with Gasteiger partial charge < -0.3 is 4.57 Å². The van der Waals surface area contributed by atoms with E-state index in [-0.39, 0.29) is 19.4 Å². The molecule has 0 atom stereocenters. The van der Waals surface area contributed by atoms with Crippen LogP contribution in [0.1, 0.15) is 29.7 Å². The second kappa shape index (κ2) is 6.34. The number of rotatable bonds is 4. The molecule has 2 heterocycles. The molecule has 0 bridgehead atoms. The molecule has 1 aromatic heterocycles. The number of imidazole rings is 1. The first kappa shape index (κ1) is 10.8. The Morgan fingerprint density at radius 3 is 2.52 bits per heavy atom. The molecule has 1 fully saturated rings. The van der Waals surface area contributed by atoms with Gasteiger partial charge in [0.05, 0.1) is 17.6 Å². The Hall–Kier alpha value is -1.84. The molecule has 1 aliphatic heterocycles. The van der Waals surface area contributed by atoms with Crippen molar-refractivity contribution in [1.29, 1.82) is 0 Å². The molecular weight excluding hydrogens is 306 g/mol. The van der Waals surface area contributed by atoms with Crippen LogP contribution >= 0.6 is 11.6 Å². The van der Waals surface area contributed by atoms with Crippen LogP contribution in [-0.2, 0) is 13.1 Å². The molecule has 2 aromatic carbocycles. The van der Waals surface area contributed by atoms with E-state index in [1.807, 2.05) is 53.1 Å². The Morgan fingerprint density at radius 1 is 1.00 bits per heavy atom. The highest BCUT2D eigenvalue weighted by atomic mass is 35.5. The fraction of sp³-hybridized carbons (Fsp3) is 0.316. The molecule has 23 heavy (non-hydrogen) atoms. The second-order valence-electron chi connectivity index (χ2n) is 5.63. The summed E-state index contributed by atoms with van der Waals surface area (Å²) in [6, 6.07) is 15.4. The maximum absolute atomic E-state index is 8.20. The summed E-state index contributed by atoms with van der Waals surface area (Å²) in [7, 11) is 0. The highest BCUT2D eigenvalue weighted by Gasteiger charge is 2.17. The summed E-state index contributed by atoms with van der Waals surface area (Å²) >= 11 is 5.99. The number of likely N-dealkylation sites (tertiary alicyclic amines) is 1. The van der Waals surface area contributed by atoms with Gasteiger partial charge in [-0.2, -0.15) is 0 Å². The molecule has 3 aromatic rings. The Balaban J connectivity index is 1.75. The molecule has 0 spiro atoms. The summed E-state index contributed by atoms with van der Waals surface area (Å²) in [6.07, 6.45) is 0.356. The monoisotopic (exact) mass is 329 g/mol. The van der Waals surface area contributed by atoms with Crippen molar-refractivity contribution >= 4 is 22.6 Å². The van der Waals surface area contributed by atoms with Crippen molar-refractivity contribution in [2.75, 3.05) is 13.0 Å². The number of hydrogen-bond acceptors (Lipinski definition) is 2. The number of halogens is 1. The maximum Gasteiger partial charge on any atom is 0.124 e. The van der Waals surface area contributed by atoms with Gasteiger partial charge in [-0.05, 0) is 55.7 Å². The standard InChI is InChI=1S/C19H20ClN3/c20-16-9-7-15(8-10-16)13-23-18-6-2-1-5-17(18)21-19(23)14-22-11-3-4-12-22/h1-2,5-10H,3-4,11-14H2/i11D2,12D2. The third-order valence-electron chi connectivity index (χ3n) is 4.02. The fourth-order valence-corrected chi connectivity index (χ4v) is 3.01. The van der Waals surface area contributed by atoms with Crippen molar-refractivity contribution in [2.24, 2.45) is 0 Å². The van der Waals surface area contributed by atoms with E-state index in [1.165, 1.54) is 4.90 Å². The third kappa shape index (κ3) is 3.12. The van der Waals surface area contributed by atoms with Gasteiger partial charge in [-0.3, -0.25) is 4.90 Å². The summed E-state index contributed by atoms with van der Waals surface area (Å²) in [5.74, 6) is 0.654. The molecule has 118 valence electrons. The van der Waals surface area contributed by atoms with E-state index in [4.69, 9.17) is 17.1 Å². The van der Waals surface area contributed by atoms with E-state index < -0.39 is 13.0 Å². The number of benzene rings is 2. The Bertz CT molecular complexity index is 953. The SMILES string of the molecule is [2H]C1([2H])CCC([2H])([2H])N1Cc1nc2ccccc2n1Cc1ccc(Cl)cc1. The first-order chi connectivity index (χ1) is 12.8.